The van der Waals surface area contributed by atoms with Crippen molar-refractivity contribution < 1.29 is 9.53 Å². The maximum Gasteiger partial charge on any atom is 0.224 e. The summed E-state index contributed by atoms with van der Waals surface area (Å²) in [6.45, 7) is 4.54. The zero-order valence-corrected chi connectivity index (χ0v) is 12.2. The van der Waals surface area contributed by atoms with E-state index in [9.17, 15) is 4.79 Å². The molecule has 0 unspecified atom stereocenters. The second kappa shape index (κ2) is 5.41. The molecule has 3 fully saturated rings. The van der Waals surface area contributed by atoms with Crippen molar-refractivity contribution in [2.45, 2.75) is 31.8 Å². The number of likely N-dealkylation sites (tertiary alicyclic amines) is 1. The molecule has 0 spiro atoms. The quantitative estimate of drug-likeness (QED) is 0.767. The molecule has 0 N–H and O–H groups in total. The van der Waals surface area contributed by atoms with Gasteiger partial charge >= 0.3 is 0 Å². The molecule has 2 heterocycles. The minimum absolute atomic E-state index is 0.169. The van der Waals surface area contributed by atoms with Crippen LogP contribution in [0.2, 0.25) is 0 Å². The van der Waals surface area contributed by atoms with Gasteiger partial charge in [0.1, 0.15) is 0 Å². The van der Waals surface area contributed by atoms with Crippen molar-refractivity contribution in [3.63, 3.8) is 0 Å². The summed E-state index contributed by atoms with van der Waals surface area (Å²) in [5.41, 5.74) is 0. The number of hydrogen-bond acceptors (Lipinski definition) is 3. The Labute approximate surface area is 116 Å². The highest BCUT2D eigenvalue weighted by molar-refractivity contribution is 5.76. The summed E-state index contributed by atoms with van der Waals surface area (Å²) < 4.78 is 5.92. The van der Waals surface area contributed by atoms with Crippen molar-refractivity contribution in [1.29, 1.82) is 0 Å². The van der Waals surface area contributed by atoms with Crippen LogP contribution in [0, 0.1) is 17.8 Å². The summed E-state index contributed by atoms with van der Waals surface area (Å²) in [7, 11) is 3.65. The smallest absolute Gasteiger partial charge is 0.224 e. The number of fused-ring (bicyclic) bond motifs is 1. The summed E-state index contributed by atoms with van der Waals surface area (Å²) in [6, 6.07) is 0. The van der Waals surface area contributed by atoms with E-state index in [2.05, 4.69) is 4.90 Å². The highest BCUT2D eigenvalue weighted by Gasteiger charge is 2.42. The Kier molecular flexibility index (Phi) is 3.81. The number of nitrogens with zero attached hydrogens (tertiary/aromatic N) is 2. The molecule has 3 atom stereocenters. The topological polar surface area (TPSA) is 32.8 Å². The van der Waals surface area contributed by atoms with E-state index in [0.29, 0.717) is 18.3 Å². The molecule has 4 nitrogen and oxygen atoms in total. The maximum atomic E-state index is 11.8. The Morgan fingerprint density at radius 1 is 1.32 bits per heavy atom. The van der Waals surface area contributed by atoms with Crippen LogP contribution in [-0.4, -0.2) is 62.1 Å². The van der Waals surface area contributed by atoms with Gasteiger partial charge in [-0.1, -0.05) is 0 Å². The Morgan fingerprint density at radius 3 is 2.79 bits per heavy atom. The van der Waals surface area contributed by atoms with E-state index in [-0.39, 0.29) is 12.0 Å². The Hall–Kier alpha value is -0.610. The summed E-state index contributed by atoms with van der Waals surface area (Å²) >= 11 is 0. The molecule has 0 radical (unpaired) electrons. The molecule has 3 rings (SSSR count). The first-order valence-corrected chi connectivity index (χ1v) is 7.67. The first-order valence-electron chi connectivity index (χ1n) is 7.67. The molecule has 1 amide bonds. The van der Waals surface area contributed by atoms with Crippen LogP contribution in [0.4, 0.5) is 0 Å². The van der Waals surface area contributed by atoms with Gasteiger partial charge in [0.2, 0.25) is 5.91 Å². The van der Waals surface area contributed by atoms with Crippen LogP contribution in [0.1, 0.15) is 25.7 Å². The number of piperidine rings is 1. The van der Waals surface area contributed by atoms with Gasteiger partial charge in [0.05, 0.1) is 19.1 Å². The largest absolute Gasteiger partial charge is 0.377 e. The van der Waals surface area contributed by atoms with Gasteiger partial charge in [-0.2, -0.15) is 0 Å². The number of rotatable bonds is 4. The van der Waals surface area contributed by atoms with E-state index in [1.54, 1.807) is 4.90 Å². The number of hydrogen-bond donors (Lipinski definition) is 0. The fraction of sp³-hybridized carbons (Fsp3) is 0.933. The summed E-state index contributed by atoms with van der Waals surface area (Å²) in [4.78, 5) is 16.1. The molecule has 1 saturated carbocycles. The fourth-order valence-electron chi connectivity index (χ4n) is 3.56. The van der Waals surface area contributed by atoms with Gasteiger partial charge < -0.3 is 14.5 Å². The molecule has 1 aliphatic carbocycles. The van der Waals surface area contributed by atoms with E-state index in [4.69, 9.17) is 4.74 Å². The lowest BCUT2D eigenvalue weighted by Crippen LogP contribution is -2.43. The second-order valence-corrected chi connectivity index (χ2v) is 6.78. The predicted octanol–water partition coefficient (Wildman–Crippen LogP) is 1.21. The van der Waals surface area contributed by atoms with Gasteiger partial charge in [0, 0.05) is 33.1 Å². The molecule has 0 bridgehead atoms. The lowest BCUT2D eigenvalue weighted by atomic mass is 9.83. The molecule has 4 heteroatoms. The van der Waals surface area contributed by atoms with Gasteiger partial charge in [0.25, 0.3) is 0 Å². The molecular formula is C15H26N2O2. The monoisotopic (exact) mass is 266 g/mol. The zero-order chi connectivity index (χ0) is 13.4. The number of ether oxygens (including phenoxy) is 1. The summed E-state index contributed by atoms with van der Waals surface area (Å²) in [6.07, 6.45) is 4.81. The van der Waals surface area contributed by atoms with Gasteiger partial charge in [-0.15, -0.1) is 0 Å². The van der Waals surface area contributed by atoms with E-state index >= 15 is 0 Å². The average molecular weight is 266 g/mol. The van der Waals surface area contributed by atoms with Crippen LogP contribution in [-0.2, 0) is 9.53 Å². The first-order chi connectivity index (χ1) is 9.13. The molecular weight excluding hydrogens is 240 g/mol. The molecule has 0 aromatic carbocycles. The molecule has 108 valence electrons. The van der Waals surface area contributed by atoms with Gasteiger partial charge in [0.15, 0.2) is 0 Å². The fourth-order valence-corrected chi connectivity index (χ4v) is 3.56. The SMILES string of the molecule is CN(C)C(=O)C[C@@H]1OC[C@H]2CN(CC3CC3)CC[C@H]21. The standard InChI is InChI=1S/C15H26N2O2/c1-16(2)15(18)7-14-13-5-6-17(8-11-3-4-11)9-12(13)10-19-14/h11-14H,3-10H2,1-2H3/t12-,13-,14+/m1/s1. The second-order valence-electron chi connectivity index (χ2n) is 6.78. The van der Waals surface area contributed by atoms with Crippen molar-refractivity contribution in [3.8, 4) is 0 Å². The van der Waals surface area contributed by atoms with Crippen LogP contribution in [0.5, 0.6) is 0 Å². The maximum absolute atomic E-state index is 11.8. The molecule has 0 aromatic rings. The van der Waals surface area contributed by atoms with Crippen LogP contribution in [0.25, 0.3) is 0 Å². The molecule has 2 aliphatic heterocycles. The number of carbonyl (C=O) groups excluding carboxylic acids is 1. The minimum atomic E-state index is 0.169. The van der Waals surface area contributed by atoms with Crippen molar-refractivity contribution in [1.82, 2.24) is 9.80 Å². The van der Waals surface area contributed by atoms with E-state index in [0.717, 1.165) is 12.5 Å². The van der Waals surface area contributed by atoms with Gasteiger partial charge in [-0.05, 0) is 37.6 Å². The zero-order valence-electron chi connectivity index (χ0n) is 12.2. The Morgan fingerprint density at radius 2 is 2.11 bits per heavy atom. The predicted molar refractivity (Wildman–Crippen MR) is 73.8 cm³/mol. The van der Waals surface area contributed by atoms with Crippen LogP contribution < -0.4 is 0 Å². The third kappa shape index (κ3) is 3.11. The highest BCUT2D eigenvalue weighted by atomic mass is 16.5. The summed E-state index contributed by atoms with van der Waals surface area (Å²) in [5, 5.41) is 0. The Balaban J connectivity index is 1.51. The summed E-state index contributed by atoms with van der Waals surface area (Å²) in [5.74, 6) is 2.45. The van der Waals surface area contributed by atoms with Gasteiger partial charge in [-0.3, -0.25) is 4.79 Å². The van der Waals surface area contributed by atoms with E-state index < -0.39 is 0 Å². The number of amides is 1. The average Bonchev–Trinajstić information content (AvgIpc) is 3.10. The molecule has 0 aromatic heterocycles. The van der Waals surface area contributed by atoms with Crippen LogP contribution in [0.15, 0.2) is 0 Å². The lowest BCUT2D eigenvalue weighted by molar-refractivity contribution is -0.131. The molecule has 19 heavy (non-hydrogen) atoms. The van der Waals surface area contributed by atoms with Crippen molar-refractivity contribution >= 4 is 5.91 Å². The van der Waals surface area contributed by atoms with Crippen molar-refractivity contribution in [2.24, 2.45) is 17.8 Å². The van der Waals surface area contributed by atoms with E-state index in [1.165, 1.54) is 38.9 Å². The minimum Gasteiger partial charge on any atom is -0.377 e. The molecule has 3 aliphatic rings. The van der Waals surface area contributed by atoms with Crippen molar-refractivity contribution in [3.05, 3.63) is 0 Å². The lowest BCUT2D eigenvalue weighted by Gasteiger charge is -2.35. The third-order valence-corrected chi connectivity index (χ3v) is 4.97. The highest BCUT2D eigenvalue weighted by Crippen LogP contribution is 2.38. The first kappa shape index (κ1) is 13.4. The van der Waals surface area contributed by atoms with Crippen LogP contribution >= 0.6 is 0 Å². The van der Waals surface area contributed by atoms with Gasteiger partial charge in [-0.25, -0.2) is 0 Å². The van der Waals surface area contributed by atoms with Crippen LogP contribution in [0.3, 0.4) is 0 Å². The van der Waals surface area contributed by atoms with E-state index in [1.807, 2.05) is 14.1 Å². The molecule has 2 saturated heterocycles. The van der Waals surface area contributed by atoms with Crippen molar-refractivity contribution in [2.75, 3.05) is 40.3 Å². The Bertz CT molecular complexity index is 341. The third-order valence-electron chi connectivity index (χ3n) is 4.97. The normalized spacial score (nSPS) is 35.2. The number of carbonyl (C=O) groups is 1.